The fourth-order valence-corrected chi connectivity index (χ4v) is 1.82. The molecule has 4 nitrogen and oxygen atoms in total. The zero-order valence-electron chi connectivity index (χ0n) is 10.0. The number of anilines is 1. The van der Waals surface area contributed by atoms with E-state index in [4.69, 9.17) is 16.7 Å². The molecular weight excluding hydrogens is 238 g/mol. The van der Waals surface area contributed by atoms with Gasteiger partial charge >= 0.3 is 0 Å². The minimum atomic E-state index is 0.235. The molecule has 0 unspecified atom stereocenters. The summed E-state index contributed by atoms with van der Waals surface area (Å²) in [6.45, 7) is 2.96. The smallest absolute Gasteiger partial charge is 0.137 e. The van der Waals surface area contributed by atoms with E-state index < -0.39 is 0 Å². The van der Waals surface area contributed by atoms with E-state index in [1.807, 2.05) is 6.92 Å². The molecule has 0 aliphatic heterocycles. The van der Waals surface area contributed by atoms with Gasteiger partial charge in [-0.3, -0.25) is 0 Å². The second-order valence-electron chi connectivity index (χ2n) is 4.48. The fraction of sp³-hybridized carbons (Fsp3) is 0.667. The number of nitrogens with zero attached hydrogens (tertiary/aromatic N) is 2. The first-order valence-electron chi connectivity index (χ1n) is 6.11. The SMILES string of the molecule is Cc1c(Cl)nc(C2CC2)nc1NCCCCO. The molecule has 2 rings (SSSR count). The summed E-state index contributed by atoms with van der Waals surface area (Å²) in [5.74, 6) is 2.21. The Balaban J connectivity index is 2.03. The largest absolute Gasteiger partial charge is 0.396 e. The summed E-state index contributed by atoms with van der Waals surface area (Å²) < 4.78 is 0. The summed E-state index contributed by atoms with van der Waals surface area (Å²) in [7, 11) is 0. The summed E-state index contributed by atoms with van der Waals surface area (Å²) >= 11 is 6.10. The molecule has 1 aromatic heterocycles. The van der Waals surface area contributed by atoms with Gasteiger partial charge in [0.05, 0.1) is 0 Å². The average molecular weight is 256 g/mol. The molecule has 0 aromatic carbocycles. The number of aliphatic hydroxyl groups is 1. The Hall–Kier alpha value is -0.870. The lowest BCUT2D eigenvalue weighted by molar-refractivity contribution is 0.286. The maximum atomic E-state index is 8.71. The zero-order valence-corrected chi connectivity index (χ0v) is 10.8. The molecule has 1 saturated carbocycles. The van der Waals surface area contributed by atoms with Crippen LogP contribution in [0.3, 0.4) is 0 Å². The van der Waals surface area contributed by atoms with E-state index >= 15 is 0 Å². The van der Waals surface area contributed by atoms with E-state index in [2.05, 4.69) is 15.3 Å². The summed E-state index contributed by atoms with van der Waals surface area (Å²) in [6.07, 6.45) is 4.07. The molecule has 94 valence electrons. The summed E-state index contributed by atoms with van der Waals surface area (Å²) in [5, 5.41) is 12.5. The second-order valence-corrected chi connectivity index (χ2v) is 4.84. The predicted molar refractivity (Wildman–Crippen MR) is 68.6 cm³/mol. The van der Waals surface area contributed by atoms with Crippen LogP contribution in [0.4, 0.5) is 5.82 Å². The third-order valence-electron chi connectivity index (χ3n) is 2.92. The summed E-state index contributed by atoms with van der Waals surface area (Å²) in [4.78, 5) is 8.84. The lowest BCUT2D eigenvalue weighted by Crippen LogP contribution is -2.08. The zero-order chi connectivity index (χ0) is 12.3. The highest BCUT2D eigenvalue weighted by atomic mass is 35.5. The van der Waals surface area contributed by atoms with Gasteiger partial charge in [0.25, 0.3) is 0 Å². The molecule has 1 heterocycles. The van der Waals surface area contributed by atoms with Crippen molar-refractivity contribution in [2.24, 2.45) is 0 Å². The van der Waals surface area contributed by atoms with Crippen molar-refractivity contribution in [3.05, 3.63) is 16.5 Å². The topological polar surface area (TPSA) is 58.0 Å². The number of aliphatic hydroxyl groups excluding tert-OH is 1. The molecule has 0 bridgehead atoms. The van der Waals surface area contributed by atoms with Gasteiger partial charge in [0.2, 0.25) is 0 Å². The Morgan fingerprint density at radius 2 is 2.12 bits per heavy atom. The first kappa shape index (κ1) is 12.6. The first-order valence-corrected chi connectivity index (χ1v) is 6.49. The van der Waals surface area contributed by atoms with Crippen molar-refractivity contribution in [3.8, 4) is 0 Å². The van der Waals surface area contributed by atoms with E-state index in [1.54, 1.807) is 0 Å². The van der Waals surface area contributed by atoms with Crippen molar-refractivity contribution in [3.63, 3.8) is 0 Å². The maximum Gasteiger partial charge on any atom is 0.137 e. The lowest BCUT2D eigenvalue weighted by Gasteiger charge is -2.10. The van der Waals surface area contributed by atoms with Crippen LogP contribution in [0.15, 0.2) is 0 Å². The molecule has 17 heavy (non-hydrogen) atoms. The molecule has 1 fully saturated rings. The van der Waals surface area contributed by atoms with Crippen LogP contribution in [0, 0.1) is 6.92 Å². The van der Waals surface area contributed by atoms with Gasteiger partial charge in [0.15, 0.2) is 0 Å². The number of halogens is 1. The van der Waals surface area contributed by atoms with Gasteiger partial charge in [0, 0.05) is 24.6 Å². The number of hydrogen-bond donors (Lipinski definition) is 2. The summed E-state index contributed by atoms with van der Waals surface area (Å²) in [6, 6.07) is 0. The van der Waals surface area contributed by atoms with Gasteiger partial charge in [-0.1, -0.05) is 11.6 Å². The molecule has 1 aliphatic rings. The Kier molecular flexibility index (Phi) is 4.18. The number of hydrogen-bond acceptors (Lipinski definition) is 4. The van der Waals surface area contributed by atoms with Gasteiger partial charge < -0.3 is 10.4 Å². The second kappa shape index (κ2) is 5.65. The Morgan fingerprint density at radius 1 is 1.35 bits per heavy atom. The van der Waals surface area contributed by atoms with Crippen LogP contribution < -0.4 is 5.32 Å². The average Bonchev–Trinajstić information content (AvgIpc) is 3.13. The van der Waals surface area contributed by atoms with E-state index in [0.29, 0.717) is 11.1 Å². The number of rotatable bonds is 6. The van der Waals surface area contributed by atoms with Crippen LogP contribution in [-0.4, -0.2) is 28.2 Å². The minimum Gasteiger partial charge on any atom is -0.396 e. The molecule has 2 N–H and O–H groups in total. The van der Waals surface area contributed by atoms with E-state index in [-0.39, 0.29) is 6.61 Å². The van der Waals surface area contributed by atoms with E-state index in [9.17, 15) is 0 Å². The molecule has 1 aromatic rings. The highest BCUT2D eigenvalue weighted by Gasteiger charge is 2.27. The van der Waals surface area contributed by atoms with Crippen LogP contribution in [0.1, 0.15) is 43.0 Å². The highest BCUT2D eigenvalue weighted by molar-refractivity contribution is 6.30. The number of unbranched alkanes of at least 4 members (excludes halogenated alkanes) is 1. The monoisotopic (exact) mass is 255 g/mol. The third kappa shape index (κ3) is 3.30. The third-order valence-corrected chi connectivity index (χ3v) is 3.29. The fourth-order valence-electron chi connectivity index (χ4n) is 1.65. The van der Waals surface area contributed by atoms with Crippen molar-refractivity contribution in [2.75, 3.05) is 18.5 Å². The van der Waals surface area contributed by atoms with Crippen molar-refractivity contribution in [1.82, 2.24) is 9.97 Å². The highest BCUT2D eigenvalue weighted by Crippen LogP contribution is 2.39. The molecule has 0 amide bonds. The van der Waals surface area contributed by atoms with Gasteiger partial charge in [-0.05, 0) is 32.6 Å². The molecule has 0 saturated heterocycles. The van der Waals surface area contributed by atoms with Crippen LogP contribution in [0.2, 0.25) is 5.15 Å². The molecule has 0 spiro atoms. The van der Waals surface area contributed by atoms with Gasteiger partial charge in [0.1, 0.15) is 16.8 Å². The van der Waals surface area contributed by atoms with Gasteiger partial charge in [-0.25, -0.2) is 9.97 Å². The van der Waals surface area contributed by atoms with Crippen LogP contribution in [0.5, 0.6) is 0 Å². The van der Waals surface area contributed by atoms with Crippen molar-refractivity contribution >= 4 is 17.4 Å². The quantitative estimate of drug-likeness (QED) is 0.606. The number of nitrogens with one attached hydrogen (secondary N) is 1. The Labute approximate surface area is 106 Å². The van der Waals surface area contributed by atoms with E-state index in [1.165, 1.54) is 12.8 Å². The molecule has 1 aliphatic carbocycles. The summed E-state index contributed by atoms with van der Waals surface area (Å²) in [5.41, 5.74) is 0.903. The molecule has 0 radical (unpaired) electrons. The maximum absolute atomic E-state index is 8.71. The standard InChI is InChI=1S/C12H18ClN3O/c1-8-10(13)15-12(9-4-5-9)16-11(8)14-6-2-3-7-17/h9,17H,2-7H2,1H3,(H,14,15,16). The minimum absolute atomic E-state index is 0.235. The van der Waals surface area contributed by atoms with Crippen LogP contribution in [-0.2, 0) is 0 Å². The normalized spacial score (nSPS) is 15.0. The lowest BCUT2D eigenvalue weighted by atomic mass is 10.3. The van der Waals surface area contributed by atoms with Crippen LogP contribution in [0.25, 0.3) is 0 Å². The molecule has 0 atom stereocenters. The van der Waals surface area contributed by atoms with Crippen molar-refractivity contribution < 1.29 is 5.11 Å². The Morgan fingerprint density at radius 3 is 2.76 bits per heavy atom. The van der Waals surface area contributed by atoms with Crippen LogP contribution >= 0.6 is 11.6 Å². The predicted octanol–water partition coefficient (Wildman–Crippen LogP) is 2.50. The molecule has 5 heteroatoms. The van der Waals surface area contributed by atoms with Crippen molar-refractivity contribution in [1.29, 1.82) is 0 Å². The Bertz CT molecular complexity index is 394. The first-order chi connectivity index (χ1) is 8.22. The number of aromatic nitrogens is 2. The van der Waals surface area contributed by atoms with Gasteiger partial charge in [-0.2, -0.15) is 0 Å². The van der Waals surface area contributed by atoms with E-state index in [0.717, 1.165) is 36.6 Å². The van der Waals surface area contributed by atoms with Gasteiger partial charge in [-0.15, -0.1) is 0 Å². The molecular formula is C12H18ClN3O. The van der Waals surface area contributed by atoms with Crippen molar-refractivity contribution in [2.45, 2.75) is 38.5 Å².